The van der Waals surface area contributed by atoms with Crippen molar-refractivity contribution in [2.45, 2.75) is 6.92 Å². The molecular formula is C17H18O4. The third kappa shape index (κ3) is 4.53. The average Bonchev–Trinajstić information content (AvgIpc) is 2.52. The van der Waals surface area contributed by atoms with Gasteiger partial charge in [0.15, 0.2) is 0 Å². The summed E-state index contributed by atoms with van der Waals surface area (Å²) in [4.78, 5) is 11.8. The van der Waals surface area contributed by atoms with Crippen molar-refractivity contribution in [2.75, 3.05) is 20.3 Å². The minimum absolute atomic E-state index is 0.198. The zero-order valence-corrected chi connectivity index (χ0v) is 12.2. The predicted octanol–water partition coefficient (Wildman–Crippen LogP) is 3.24. The van der Waals surface area contributed by atoms with Crippen LogP contribution in [0.25, 0.3) is 0 Å². The van der Waals surface area contributed by atoms with Crippen LogP contribution in [0.3, 0.4) is 0 Å². The number of carbonyl (C=O) groups is 1. The van der Waals surface area contributed by atoms with Crippen molar-refractivity contribution >= 4 is 5.97 Å². The Morgan fingerprint density at radius 2 is 1.71 bits per heavy atom. The second kappa shape index (κ2) is 7.33. The van der Waals surface area contributed by atoms with Gasteiger partial charge in [0.2, 0.25) is 0 Å². The van der Waals surface area contributed by atoms with E-state index in [-0.39, 0.29) is 12.6 Å². The van der Waals surface area contributed by atoms with E-state index >= 15 is 0 Å². The van der Waals surface area contributed by atoms with Gasteiger partial charge in [-0.15, -0.1) is 0 Å². The normalized spacial score (nSPS) is 10.0. The first-order valence-electron chi connectivity index (χ1n) is 6.69. The van der Waals surface area contributed by atoms with Crippen molar-refractivity contribution in [3.63, 3.8) is 0 Å². The lowest BCUT2D eigenvalue weighted by Gasteiger charge is -2.08. The molecule has 0 saturated carbocycles. The summed E-state index contributed by atoms with van der Waals surface area (Å²) >= 11 is 0. The topological polar surface area (TPSA) is 44.8 Å². The molecule has 0 heterocycles. The summed E-state index contributed by atoms with van der Waals surface area (Å²) in [5, 5.41) is 0. The average molecular weight is 286 g/mol. The summed E-state index contributed by atoms with van der Waals surface area (Å²) in [5.74, 6) is 1.06. The van der Waals surface area contributed by atoms with Gasteiger partial charge in [-0.05, 0) is 31.2 Å². The van der Waals surface area contributed by atoms with Crippen molar-refractivity contribution < 1.29 is 19.0 Å². The van der Waals surface area contributed by atoms with Crippen LogP contribution >= 0.6 is 0 Å². The zero-order chi connectivity index (χ0) is 15.1. The highest BCUT2D eigenvalue weighted by molar-refractivity contribution is 5.89. The number of aryl methyl sites for hydroxylation is 1. The van der Waals surface area contributed by atoms with Crippen molar-refractivity contribution in [3.05, 3.63) is 59.7 Å². The molecule has 0 aliphatic carbocycles. The Bertz CT molecular complexity index is 590. The summed E-state index contributed by atoms with van der Waals surface area (Å²) in [6.45, 7) is 2.46. The largest absolute Gasteiger partial charge is 0.497 e. The van der Waals surface area contributed by atoms with E-state index in [1.165, 1.54) is 0 Å². The van der Waals surface area contributed by atoms with E-state index in [2.05, 4.69) is 0 Å². The van der Waals surface area contributed by atoms with E-state index < -0.39 is 0 Å². The molecule has 0 aliphatic heterocycles. The Labute approximate surface area is 124 Å². The van der Waals surface area contributed by atoms with E-state index in [1.807, 2.05) is 37.3 Å². The molecule has 2 rings (SSSR count). The highest BCUT2D eigenvalue weighted by Crippen LogP contribution is 2.18. The molecule has 0 amide bonds. The second-order valence-electron chi connectivity index (χ2n) is 4.53. The second-order valence-corrected chi connectivity index (χ2v) is 4.53. The summed E-state index contributed by atoms with van der Waals surface area (Å²) in [6, 6.07) is 14.5. The first-order valence-corrected chi connectivity index (χ1v) is 6.69. The minimum atomic E-state index is -0.343. The van der Waals surface area contributed by atoms with Crippen LogP contribution in [0.5, 0.6) is 11.5 Å². The summed E-state index contributed by atoms with van der Waals surface area (Å²) in [5.41, 5.74) is 1.65. The molecule has 0 N–H and O–H groups in total. The lowest BCUT2D eigenvalue weighted by Crippen LogP contribution is -2.12. The van der Waals surface area contributed by atoms with Gasteiger partial charge in [-0.3, -0.25) is 0 Å². The molecule has 0 spiro atoms. The molecule has 0 unspecified atom stereocenters. The highest BCUT2D eigenvalue weighted by Gasteiger charge is 2.06. The van der Waals surface area contributed by atoms with Crippen molar-refractivity contribution in [1.82, 2.24) is 0 Å². The molecule has 0 atom stereocenters. The number of esters is 1. The molecule has 4 nitrogen and oxygen atoms in total. The van der Waals surface area contributed by atoms with Crippen LogP contribution in [0.1, 0.15) is 15.9 Å². The highest BCUT2D eigenvalue weighted by atomic mass is 16.6. The van der Waals surface area contributed by atoms with Gasteiger partial charge in [0.1, 0.15) is 24.7 Å². The van der Waals surface area contributed by atoms with E-state index in [0.717, 1.165) is 11.3 Å². The van der Waals surface area contributed by atoms with Gasteiger partial charge in [0.25, 0.3) is 0 Å². The fraction of sp³-hybridized carbons (Fsp3) is 0.235. The van der Waals surface area contributed by atoms with Crippen LogP contribution in [0, 0.1) is 6.92 Å². The molecule has 4 heteroatoms. The lowest BCUT2D eigenvalue weighted by atomic mass is 10.1. The van der Waals surface area contributed by atoms with Crippen molar-refractivity contribution in [1.29, 1.82) is 0 Å². The van der Waals surface area contributed by atoms with Crippen LogP contribution < -0.4 is 9.47 Å². The number of ether oxygens (including phenoxy) is 3. The standard InChI is InChI=1S/C17H18O4/c1-13-6-8-14(9-7-13)17(18)21-11-10-20-16-5-3-4-15(12-16)19-2/h3-9,12H,10-11H2,1-2H3. The molecule has 0 aromatic heterocycles. The van der Waals surface area contributed by atoms with Crippen molar-refractivity contribution in [2.24, 2.45) is 0 Å². The van der Waals surface area contributed by atoms with E-state index in [4.69, 9.17) is 14.2 Å². The smallest absolute Gasteiger partial charge is 0.338 e. The molecule has 0 radical (unpaired) electrons. The third-order valence-corrected chi connectivity index (χ3v) is 2.91. The predicted molar refractivity (Wildman–Crippen MR) is 80.0 cm³/mol. The van der Waals surface area contributed by atoms with E-state index in [9.17, 15) is 4.79 Å². The molecule has 0 saturated heterocycles. The summed E-state index contributed by atoms with van der Waals surface area (Å²) in [6.07, 6.45) is 0. The molecular weight excluding hydrogens is 268 g/mol. The first-order chi connectivity index (χ1) is 10.2. The molecule has 2 aromatic carbocycles. The lowest BCUT2D eigenvalue weighted by molar-refractivity contribution is 0.0450. The number of carbonyl (C=O) groups excluding carboxylic acids is 1. The maximum Gasteiger partial charge on any atom is 0.338 e. The monoisotopic (exact) mass is 286 g/mol. The number of methoxy groups -OCH3 is 1. The molecule has 2 aromatic rings. The number of hydrogen-bond acceptors (Lipinski definition) is 4. The van der Waals surface area contributed by atoms with Crippen LogP contribution in [0.4, 0.5) is 0 Å². The molecule has 0 bridgehead atoms. The fourth-order valence-electron chi connectivity index (χ4n) is 1.76. The van der Waals surface area contributed by atoms with Gasteiger partial charge < -0.3 is 14.2 Å². The Morgan fingerprint density at radius 3 is 2.43 bits per heavy atom. The maximum absolute atomic E-state index is 11.8. The van der Waals surface area contributed by atoms with Gasteiger partial charge in [0.05, 0.1) is 12.7 Å². The number of hydrogen-bond donors (Lipinski definition) is 0. The quantitative estimate of drug-likeness (QED) is 0.604. The Morgan fingerprint density at radius 1 is 1.00 bits per heavy atom. The maximum atomic E-state index is 11.8. The van der Waals surface area contributed by atoms with Gasteiger partial charge >= 0.3 is 5.97 Å². The Balaban J connectivity index is 1.76. The fourth-order valence-corrected chi connectivity index (χ4v) is 1.76. The number of benzene rings is 2. The Kier molecular flexibility index (Phi) is 5.21. The van der Waals surface area contributed by atoms with Gasteiger partial charge in [-0.2, -0.15) is 0 Å². The van der Waals surface area contributed by atoms with Crippen LogP contribution in [0.15, 0.2) is 48.5 Å². The van der Waals surface area contributed by atoms with Gasteiger partial charge in [0, 0.05) is 6.07 Å². The van der Waals surface area contributed by atoms with Crippen LogP contribution in [-0.2, 0) is 4.74 Å². The minimum Gasteiger partial charge on any atom is -0.497 e. The Hall–Kier alpha value is -2.49. The zero-order valence-electron chi connectivity index (χ0n) is 12.2. The summed E-state index contributed by atoms with van der Waals surface area (Å²) < 4.78 is 15.7. The SMILES string of the molecule is COc1cccc(OCCOC(=O)c2ccc(C)cc2)c1. The third-order valence-electron chi connectivity index (χ3n) is 2.91. The van der Waals surface area contributed by atoms with Crippen LogP contribution in [-0.4, -0.2) is 26.3 Å². The van der Waals surface area contributed by atoms with E-state index in [1.54, 1.807) is 25.3 Å². The van der Waals surface area contributed by atoms with Gasteiger partial charge in [-0.1, -0.05) is 23.8 Å². The first kappa shape index (κ1) is 14.9. The van der Waals surface area contributed by atoms with E-state index in [0.29, 0.717) is 17.9 Å². The molecule has 21 heavy (non-hydrogen) atoms. The molecule has 0 aliphatic rings. The van der Waals surface area contributed by atoms with Crippen LogP contribution in [0.2, 0.25) is 0 Å². The summed E-state index contributed by atoms with van der Waals surface area (Å²) in [7, 11) is 1.60. The van der Waals surface area contributed by atoms with Gasteiger partial charge in [-0.25, -0.2) is 4.79 Å². The molecule has 110 valence electrons. The number of rotatable bonds is 6. The molecule has 0 fully saturated rings. The van der Waals surface area contributed by atoms with Crippen molar-refractivity contribution in [3.8, 4) is 11.5 Å².